The number of cyclic esters (lactones) is 1. The Morgan fingerprint density at radius 1 is 1.18 bits per heavy atom. The molecule has 5 heterocycles. The number of likely N-dealkylation sites (tertiary alicyclic amines) is 1. The number of aromatic nitrogens is 2. The number of fused-ring (bicyclic) bond motifs is 6. The molecule has 0 unspecified atom stereocenters. The van der Waals surface area contributed by atoms with Gasteiger partial charge in [-0.3, -0.25) is 34.1 Å². The van der Waals surface area contributed by atoms with E-state index < -0.39 is 65.6 Å². The van der Waals surface area contributed by atoms with Gasteiger partial charge in [-0.1, -0.05) is 52.3 Å². The Kier molecular flexibility index (Phi) is 17.5. The molecule has 0 spiro atoms. The Balaban J connectivity index is 1.36. The molecule has 6 bridgehead atoms. The van der Waals surface area contributed by atoms with Crippen LogP contribution in [0, 0.1) is 29.1 Å². The van der Waals surface area contributed by atoms with Crippen LogP contribution in [0.2, 0.25) is 0 Å². The number of aliphatic imine (C=N–C) groups is 1. The third-order valence-corrected chi connectivity index (χ3v) is 14.3. The van der Waals surface area contributed by atoms with Gasteiger partial charge in [0.1, 0.15) is 18.6 Å². The quantitative estimate of drug-likeness (QED) is 0.0804. The lowest BCUT2D eigenvalue weighted by Gasteiger charge is -2.38. The topological polar surface area (TPSA) is 160 Å². The van der Waals surface area contributed by atoms with Gasteiger partial charge in [-0.25, -0.2) is 10.4 Å². The van der Waals surface area contributed by atoms with E-state index in [1.807, 2.05) is 72.0 Å². The zero-order chi connectivity index (χ0) is 52.2. The van der Waals surface area contributed by atoms with Crippen molar-refractivity contribution in [2.75, 3.05) is 54.1 Å². The minimum atomic E-state index is -4.61. The highest BCUT2D eigenvalue weighted by atomic mass is 32.1. The molecule has 2 saturated heterocycles. The van der Waals surface area contributed by atoms with Crippen LogP contribution in [0.1, 0.15) is 84.5 Å². The number of nitrogens with one attached hydrogen (secondary N) is 2. The molecule has 6 rings (SSSR count). The number of amides is 3. The van der Waals surface area contributed by atoms with Crippen LogP contribution < -0.4 is 10.7 Å². The van der Waals surface area contributed by atoms with E-state index >= 15 is 0 Å². The number of hydrazine groups is 1. The smallest absolute Gasteiger partial charge is 0.406 e. The fraction of sp³-hybridized carbons (Fsp3) is 0.577. The van der Waals surface area contributed by atoms with Crippen molar-refractivity contribution < 1.29 is 46.6 Å². The number of ether oxygens (including phenoxy) is 3. The van der Waals surface area contributed by atoms with Crippen LogP contribution in [0.5, 0.6) is 0 Å². The van der Waals surface area contributed by atoms with Crippen LogP contribution in [0.15, 0.2) is 46.9 Å². The first-order chi connectivity index (χ1) is 33.4. The molecule has 19 heteroatoms. The monoisotopic (exact) mass is 1010 g/mol. The van der Waals surface area contributed by atoms with Crippen molar-refractivity contribution in [1.29, 1.82) is 0 Å². The van der Waals surface area contributed by atoms with E-state index in [-0.39, 0.29) is 56.2 Å². The number of halogens is 3. The van der Waals surface area contributed by atoms with E-state index in [0.29, 0.717) is 69.9 Å². The van der Waals surface area contributed by atoms with Gasteiger partial charge in [0.25, 0.3) is 11.8 Å². The number of thiazole rings is 1. The third kappa shape index (κ3) is 13.2. The summed E-state index contributed by atoms with van der Waals surface area (Å²) in [4.78, 5) is 68.6. The minimum absolute atomic E-state index is 0.000740. The number of esters is 1. The number of allylic oxidation sites excluding steroid dienone is 2. The molecule has 2 aromatic heterocycles. The summed E-state index contributed by atoms with van der Waals surface area (Å²) in [7, 11) is 5.29. The molecule has 3 aromatic rings. The molecule has 15 nitrogen and oxygen atoms in total. The highest BCUT2D eigenvalue weighted by Crippen LogP contribution is 2.41. The van der Waals surface area contributed by atoms with E-state index in [9.17, 15) is 32.3 Å². The number of alkyl halides is 3. The molecule has 4 atom stereocenters. The van der Waals surface area contributed by atoms with Crippen molar-refractivity contribution in [3.63, 3.8) is 0 Å². The van der Waals surface area contributed by atoms with Gasteiger partial charge in [0.05, 0.1) is 59.0 Å². The average molecular weight is 1010 g/mol. The molecule has 3 aliphatic heterocycles. The molecule has 386 valence electrons. The fourth-order valence-corrected chi connectivity index (χ4v) is 9.54. The van der Waals surface area contributed by atoms with Crippen molar-refractivity contribution in [2.24, 2.45) is 22.2 Å². The lowest BCUT2D eigenvalue weighted by atomic mass is 9.84. The first-order valence-electron chi connectivity index (χ1n) is 24.1. The normalized spacial score (nSPS) is 20.5. The van der Waals surface area contributed by atoms with Crippen molar-refractivity contribution in [3.05, 3.63) is 58.2 Å². The Labute approximate surface area is 419 Å². The van der Waals surface area contributed by atoms with Crippen LogP contribution in [0.3, 0.4) is 0 Å². The van der Waals surface area contributed by atoms with Crippen molar-refractivity contribution in [1.82, 2.24) is 35.1 Å². The summed E-state index contributed by atoms with van der Waals surface area (Å²) >= 11 is 1.29. The zero-order valence-corrected chi connectivity index (χ0v) is 43.6. The number of carbonyl (C=O) groups is 4. The Bertz CT molecular complexity index is 2600. The molecule has 71 heavy (non-hydrogen) atoms. The number of carbonyl (C=O) groups excluding carboxylic acids is 4. The van der Waals surface area contributed by atoms with Crippen LogP contribution in [0.4, 0.5) is 13.2 Å². The van der Waals surface area contributed by atoms with Crippen LogP contribution in [-0.4, -0.2) is 144 Å². The summed E-state index contributed by atoms with van der Waals surface area (Å²) in [6.45, 7) is 18.5. The maximum absolute atomic E-state index is 14.7. The predicted molar refractivity (Wildman–Crippen MR) is 269 cm³/mol. The van der Waals surface area contributed by atoms with Gasteiger partial charge in [-0.15, -0.1) is 11.3 Å². The van der Waals surface area contributed by atoms with Gasteiger partial charge in [0, 0.05) is 72.2 Å². The fourth-order valence-electron chi connectivity index (χ4n) is 8.69. The van der Waals surface area contributed by atoms with Crippen molar-refractivity contribution in [2.45, 2.75) is 124 Å². The highest BCUT2D eigenvalue weighted by molar-refractivity contribution is 7.10. The zero-order valence-electron chi connectivity index (χ0n) is 42.8. The second-order valence-electron chi connectivity index (χ2n) is 20.4. The third-order valence-electron chi connectivity index (χ3n) is 13.5. The van der Waals surface area contributed by atoms with Crippen LogP contribution in [0.25, 0.3) is 27.7 Å². The van der Waals surface area contributed by atoms with Crippen molar-refractivity contribution >= 4 is 57.7 Å². The molecule has 0 radical (unpaired) electrons. The van der Waals surface area contributed by atoms with E-state index in [4.69, 9.17) is 19.2 Å². The molecule has 3 aliphatic rings. The number of rotatable bonds is 13. The summed E-state index contributed by atoms with van der Waals surface area (Å²) in [6, 6.07) is 3.18. The molecule has 3 amide bonds. The largest absolute Gasteiger partial charge is 0.464 e. The average Bonchev–Trinajstić information content (AvgIpc) is 3.88. The second kappa shape index (κ2) is 22.6. The Morgan fingerprint density at radius 3 is 2.54 bits per heavy atom. The SMILES string of the molecule is C=C/C(=C(\N=CC)[C@H](C)OC)c1c2c3cc(ccc3n1CC(F)(F)F)-c1csc(n1)C[C@H](NC(=O)[C@@H](COC1CN(C(=O)C#CC(C)(C)N(C)C)C1)C(C)C)C(=O)N1CCC[C@H](N1)C(=O)OCC(C)(C)C2. The van der Waals surface area contributed by atoms with E-state index in [2.05, 4.69) is 34.2 Å². The number of hydrogen-bond donors (Lipinski definition) is 2. The van der Waals surface area contributed by atoms with Crippen LogP contribution >= 0.6 is 11.3 Å². The molecular weight excluding hydrogens is 938 g/mol. The number of nitrogens with zero attached hydrogens (tertiary/aromatic N) is 6. The maximum Gasteiger partial charge on any atom is 0.406 e. The molecule has 2 N–H and O–H groups in total. The molecule has 0 saturated carbocycles. The minimum Gasteiger partial charge on any atom is -0.464 e. The van der Waals surface area contributed by atoms with Crippen LogP contribution in [-0.2, 0) is 52.8 Å². The van der Waals surface area contributed by atoms with Gasteiger partial charge in [-0.05, 0) is 90.6 Å². The molecule has 0 aliphatic carbocycles. The summed E-state index contributed by atoms with van der Waals surface area (Å²) in [5, 5.41) is 7.24. The summed E-state index contributed by atoms with van der Waals surface area (Å²) in [5.41, 5.74) is 4.83. The first-order valence-corrected chi connectivity index (χ1v) is 25.0. The summed E-state index contributed by atoms with van der Waals surface area (Å²) < 4.78 is 63.2. The summed E-state index contributed by atoms with van der Waals surface area (Å²) in [6.07, 6.45) is -1.44. The second-order valence-corrected chi connectivity index (χ2v) is 21.3. The number of hydrogen-bond acceptors (Lipinski definition) is 12. The predicted octanol–water partition coefficient (Wildman–Crippen LogP) is 6.84. The molecule has 2 fully saturated rings. The molecule has 1 aromatic carbocycles. The standard InChI is InChI=1S/C52H69F3N8O7S/c1-13-35(45(56-14-2)32(5)68-12)46-37-24-50(6,7)30-70-49(67)39-16-15-21-63(59-39)48(66)40(23-43-57-41(28-71-43)33-17-18-42(36(37)22-33)62(46)29-52(53,54)55)58-47(65)38(31(3)4)27-69-34-25-61(26-34)44(64)19-20-51(8,9)60(10)11/h13-14,17-18,22,28,31-32,34,38-40,59H,1,15-16,21,23-27,29-30H2,2-12H3,(H,58,65)/b45-35+,56-14?/t32-,38-,39-,40-/m0/s1. The van der Waals surface area contributed by atoms with Gasteiger partial charge >= 0.3 is 12.1 Å². The Hall–Kier alpha value is -5.39. The van der Waals surface area contributed by atoms with E-state index in [0.717, 1.165) is 0 Å². The lowest BCUT2D eigenvalue weighted by molar-refractivity contribution is -0.155. The highest BCUT2D eigenvalue weighted by Gasteiger charge is 2.39. The maximum atomic E-state index is 14.7. The van der Waals surface area contributed by atoms with Gasteiger partial charge in [0.2, 0.25) is 5.91 Å². The van der Waals surface area contributed by atoms with Crippen molar-refractivity contribution in [3.8, 4) is 23.1 Å². The number of benzene rings is 1. The van der Waals surface area contributed by atoms with Gasteiger partial charge in [0.15, 0.2) is 0 Å². The Morgan fingerprint density at radius 2 is 1.90 bits per heavy atom. The number of methoxy groups -OCH3 is 1. The van der Waals surface area contributed by atoms with E-state index in [1.54, 1.807) is 37.1 Å². The lowest BCUT2D eigenvalue weighted by Crippen LogP contribution is -2.61. The first kappa shape index (κ1) is 54.9. The molecular formula is C52H69F3N8O7S. The van der Waals surface area contributed by atoms with Gasteiger partial charge < -0.3 is 29.0 Å². The summed E-state index contributed by atoms with van der Waals surface area (Å²) in [5.74, 6) is 3.13. The van der Waals surface area contributed by atoms with E-state index in [1.165, 1.54) is 34.1 Å². The van der Waals surface area contributed by atoms with Gasteiger partial charge in [-0.2, -0.15) is 13.2 Å².